The highest BCUT2D eigenvalue weighted by Gasteiger charge is 1.97. The van der Waals surface area contributed by atoms with E-state index in [4.69, 9.17) is 17.2 Å². The molecule has 2 aromatic carbocycles. The zero-order valence-electron chi connectivity index (χ0n) is 9.34. The normalized spacial score (nSPS) is 8.94. The first kappa shape index (κ1) is 12.6. The highest BCUT2D eigenvalue weighted by Crippen LogP contribution is 2.04. The fraction of sp³-hybridized carbons (Fsp3) is 0. The predicted molar refractivity (Wildman–Crippen MR) is 70.2 cm³/mol. The van der Waals surface area contributed by atoms with Crippen molar-refractivity contribution in [1.29, 1.82) is 0 Å². The summed E-state index contributed by atoms with van der Waals surface area (Å²) in [4.78, 5) is 10.5. The van der Waals surface area contributed by atoms with E-state index < -0.39 is 5.91 Å². The van der Waals surface area contributed by atoms with Gasteiger partial charge < -0.3 is 17.2 Å². The van der Waals surface area contributed by atoms with E-state index in [0.717, 1.165) is 5.69 Å². The zero-order valence-corrected chi connectivity index (χ0v) is 9.34. The molecule has 0 fully saturated rings. The van der Waals surface area contributed by atoms with Gasteiger partial charge in [-0.2, -0.15) is 0 Å². The second-order valence-electron chi connectivity index (χ2n) is 3.40. The molecule has 0 aliphatic carbocycles. The molecule has 0 bridgehead atoms. The highest BCUT2D eigenvalue weighted by atomic mass is 16.1. The van der Waals surface area contributed by atoms with Crippen molar-refractivity contribution in [3.8, 4) is 0 Å². The molecule has 0 unspecified atom stereocenters. The van der Waals surface area contributed by atoms with Crippen LogP contribution in [0.25, 0.3) is 0 Å². The average Bonchev–Trinajstić information content (AvgIpc) is 2.31. The number of amides is 1. The van der Waals surface area contributed by atoms with E-state index in [9.17, 15) is 4.79 Å². The largest absolute Gasteiger partial charge is 0.399 e. The minimum Gasteiger partial charge on any atom is -0.399 e. The molecule has 4 heteroatoms. The summed E-state index contributed by atoms with van der Waals surface area (Å²) >= 11 is 0. The maximum absolute atomic E-state index is 10.5. The number of para-hydroxylation sites is 1. The lowest BCUT2D eigenvalue weighted by Crippen LogP contribution is -2.10. The summed E-state index contributed by atoms with van der Waals surface area (Å²) in [5.41, 5.74) is 17.6. The Balaban J connectivity index is 0.000000181. The summed E-state index contributed by atoms with van der Waals surface area (Å²) in [5.74, 6) is -0.452. The molecule has 0 saturated heterocycles. The molecule has 0 aromatic heterocycles. The van der Waals surface area contributed by atoms with E-state index >= 15 is 0 Å². The fourth-order valence-corrected chi connectivity index (χ4v) is 1.14. The maximum Gasteiger partial charge on any atom is 0.248 e. The van der Waals surface area contributed by atoms with Gasteiger partial charge in [-0.25, -0.2) is 0 Å². The van der Waals surface area contributed by atoms with Crippen LogP contribution in [0.4, 0.5) is 11.4 Å². The minimum atomic E-state index is -0.452. The number of primary amides is 1. The number of nitrogens with two attached hydrogens (primary N) is 3. The maximum atomic E-state index is 10.5. The molecule has 4 nitrogen and oxygen atoms in total. The Hall–Kier alpha value is -2.49. The quantitative estimate of drug-likeness (QED) is 0.648. The molecule has 88 valence electrons. The van der Waals surface area contributed by atoms with E-state index in [0.29, 0.717) is 11.3 Å². The highest BCUT2D eigenvalue weighted by molar-refractivity contribution is 5.93. The van der Waals surface area contributed by atoms with E-state index in [-0.39, 0.29) is 0 Å². The van der Waals surface area contributed by atoms with Gasteiger partial charge in [0.25, 0.3) is 0 Å². The van der Waals surface area contributed by atoms with Crippen molar-refractivity contribution in [3.05, 3.63) is 60.2 Å². The number of hydrogen-bond donors (Lipinski definition) is 3. The molecular formula is C13H15N3O. The number of nitrogen functional groups attached to an aromatic ring is 2. The van der Waals surface area contributed by atoms with E-state index in [1.54, 1.807) is 24.3 Å². The van der Waals surface area contributed by atoms with Gasteiger partial charge in [-0.15, -0.1) is 0 Å². The Morgan fingerprint density at radius 1 is 0.824 bits per heavy atom. The number of anilines is 2. The van der Waals surface area contributed by atoms with Crippen LogP contribution in [0.3, 0.4) is 0 Å². The van der Waals surface area contributed by atoms with Crippen molar-refractivity contribution in [2.75, 3.05) is 11.5 Å². The molecular weight excluding hydrogens is 214 g/mol. The second kappa shape index (κ2) is 6.17. The molecule has 6 N–H and O–H groups in total. The molecule has 0 heterocycles. The SMILES string of the molecule is NC(=O)c1cccc(N)c1.Nc1ccccc1. The van der Waals surface area contributed by atoms with Crippen LogP contribution in [0, 0.1) is 0 Å². The van der Waals surface area contributed by atoms with Gasteiger partial charge in [0.05, 0.1) is 0 Å². The van der Waals surface area contributed by atoms with Gasteiger partial charge in [-0.3, -0.25) is 4.79 Å². The number of hydrogen-bond acceptors (Lipinski definition) is 3. The molecule has 0 saturated carbocycles. The fourth-order valence-electron chi connectivity index (χ4n) is 1.14. The molecule has 2 aromatic rings. The lowest BCUT2D eigenvalue weighted by atomic mass is 10.2. The van der Waals surface area contributed by atoms with Crippen LogP contribution in [-0.2, 0) is 0 Å². The van der Waals surface area contributed by atoms with Gasteiger partial charge >= 0.3 is 0 Å². The Morgan fingerprint density at radius 3 is 1.76 bits per heavy atom. The Labute approximate surface area is 100 Å². The minimum absolute atomic E-state index is 0.444. The van der Waals surface area contributed by atoms with Crippen molar-refractivity contribution >= 4 is 17.3 Å². The standard InChI is InChI=1S/C7H8N2O.C6H7N/c8-6-3-1-2-5(4-6)7(9)10;7-6-4-2-1-3-5-6/h1-4H,8H2,(H2,9,10);1-5H,7H2. The third-order valence-electron chi connectivity index (χ3n) is 1.97. The summed E-state index contributed by atoms with van der Waals surface area (Å²) in [6, 6.07) is 16.0. The van der Waals surface area contributed by atoms with Crippen molar-refractivity contribution in [3.63, 3.8) is 0 Å². The number of carbonyl (C=O) groups is 1. The van der Waals surface area contributed by atoms with Crippen LogP contribution in [0.15, 0.2) is 54.6 Å². The first-order chi connectivity index (χ1) is 8.09. The van der Waals surface area contributed by atoms with Crippen LogP contribution < -0.4 is 17.2 Å². The van der Waals surface area contributed by atoms with Crippen LogP contribution in [0.2, 0.25) is 0 Å². The molecule has 2 rings (SSSR count). The summed E-state index contributed by atoms with van der Waals surface area (Å²) < 4.78 is 0. The Morgan fingerprint density at radius 2 is 1.41 bits per heavy atom. The van der Waals surface area contributed by atoms with Crippen molar-refractivity contribution in [2.24, 2.45) is 5.73 Å². The van der Waals surface area contributed by atoms with E-state index in [1.807, 2.05) is 30.3 Å². The zero-order chi connectivity index (χ0) is 12.7. The Kier molecular flexibility index (Phi) is 4.57. The average molecular weight is 229 g/mol. The van der Waals surface area contributed by atoms with Gasteiger partial charge in [0.2, 0.25) is 5.91 Å². The van der Waals surface area contributed by atoms with Gasteiger partial charge in [-0.1, -0.05) is 24.3 Å². The number of rotatable bonds is 1. The monoisotopic (exact) mass is 229 g/mol. The lowest BCUT2D eigenvalue weighted by Gasteiger charge is -1.94. The smallest absolute Gasteiger partial charge is 0.248 e. The first-order valence-corrected chi connectivity index (χ1v) is 5.05. The van der Waals surface area contributed by atoms with Crippen molar-refractivity contribution < 1.29 is 4.79 Å². The first-order valence-electron chi connectivity index (χ1n) is 5.05. The van der Waals surface area contributed by atoms with Crippen LogP contribution in [0.1, 0.15) is 10.4 Å². The van der Waals surface area contributed by atoms with Crippen LogP contribution in [0.5, 0.6) is 0 Å². The molecule has 0 aliphatic heterocycles. The van der Waals surface area contributed by atoms with Crippen molar-refractivity contribution in [2.45, 2.75) is 0 Å². The number of carbonyl (C=O) groups excluding carboxylic acids is 1. The van der Waals surface area contributed by atoms with Gasteiger partial charge in [0.1, 0.15) is 0 Å². The summed E-state index contributed by atoms with van der Waals surface area (Å²) in [5, 5.41) is 0. The third kappa shape index (κ3) is 4.70. The molecule has 17 heavy (non-hydrogen) atoms. The summed E-state index contributed by atoms with van der Waals surface area (Å²) in [7, 11) is 0. The van der Waals surface area contributed by atoms with Gasteiger partial charge in [-0.05, 0) is 30.3 Å². The van der Waals surface area contributed by atoms with Gasteiger partial charge in [0, 0.05) is 16.9 Å². The molecule has 0 atom stereocenters. The molecule has 0 spiro atoms. The second-order valence-corrected chi connectivity index (χ2v) is 3.40. The van der Waals surface area contributed by atoms with Crippen LogP contribution in [-0.4, -0.2) is 5.91 Å². The molecule has 1 amide bonds. The Bertz CT molecular complexity index is 483. The predicted octanol–water partition coefficient (Wildman–Crippen LogP) is 1.64. The number of benzene rings is 2. The molecule has 0 aliphatic rings. The van der Waals surface area contributed by atoms with Crippen molar-refractivity contribution in [1.82, 2.24) is 0 Å². The van der Waals surface area contributed by atoms with Gasteiger partial charge in [0.15, 0.2) is 0 Å². The van der Waals surface area contributed by atoms with Crippen LogP contribution >= 0.6 is 0 Å². The van der Waals surface area contributed by atoms with E-state index in [2.05, 4.69) is 0 Å². The molecule has 0 radical (unpaired) electrons. The lowest BCUT2D eigenvalue weighted by molar-refractivity contribution is 0.100. The summed E-state index contributed by atoms with van der Waals surface area (Å²) in [6.07, 6.45) is 0. The third-order valence-corrected chi connectivity index (χ3v) is 1.97. The topological polar surface area (TPSA) is 95.1 Å². The summed E-state index contributed by atoms with van der Waals surface area (Å²) in [6.45, 7) is 0. The van der Waals surface area contributed by atoms with E-state index in [1.165, 1.54) is 0 Å².